The average Bonchev–Trinajstić information content (AvgIpc) is 2.85. The number of amides is 1. The van der Waals surface area contributed by atoms with Gasteiger partial charge in [0, 0.05) is 16.1 Å². The first kappa shape index (κ1) is 16.1. The van der Waals surface area contributed by atoms with Gasteiger partial charge in [-0.15, -0.1) is 11.3 Å². The molecule has 1 aromatic heterocycles. The summed E-state index contributed by atoms with van der Waals surface area (Å²) in [4.78, 5) is 16.3. The molecule has 1 N–H and O–H groups in total. The molecule has 112 valence electrons. The van der Waals surface area contributed by atoms with E-state index in [9.17, 15) is 4.79 Å². The van der Waals surface area contributed by atoms with Crippen molar-refractivity contribution in [1.29, 1.82) is 0 Å². The van der Waals surface area contributed by atoms with E-state index in [1.54, 1.807) is 25.1 Å². The summed E-state index contributed by atoms with van der Waals surface area (Å²) in [6, 6.07) is 4.87. The van der Waals surface area contributed by atoms with Crippen LogP contribution in [0.2, 0.25) is 10.0 Å². The van der Waals surface area contributed by atoms with Gasteiger partial charge in [0.2, 0.25) is 0 Å². The zero-order valence-corrected chi connectivity index (χ0v) is 13.9. The lowest BCUT2D eigenvalue weighted by Gasteiger charge is -2.15. The molecule has 0 aliphatic rings. The highest BCUT2D eigenvalue weighted by molar-refractivity contribution is 7.09. The molecule has 0 aliphatic heterocycles. The molecular weight excluding hydrogens is 331 g/mol. The summed E-state index contributed by atoms with van der Waals surface area (Å²) >= 11 is 13.3. The van der Waals surface area contributed by atoms with Crippen molar-refractivity contribution in [3.63, 3.8) is 0 Å². The van der Waals surface area contributed by atoms with E-state index in [1.165, 1.54) is 11.3 Å². The lowest BCUT2D eigenvalue weighted by molar-refractivity contribution is -0.127. The third kappa shape index (κ3) is 4.59. The third-order valence-corrected chi connectivity index (χ3v) is 4.14. The van der Waals surface area contributed by atoms with Gasteiger partial charge in [0.15, 0.2) is 6.10 Å². The van der Waals surface area contributed by atoms with E-state index in [4.69, 9.17) is 27.9 Å². The number of nitrogens with zero attached hydrogens (tertiary/aromatic N) is 1. The number of thiazole rings is 1. The Morgan fingerprint density at radius 3 is 2.86 bits per heavy atom. The third-order valence-electron chi connectivity index (χ3n) is 2.65. The molecule has 1 aromatic carbocycles. The second-order valence-electron chi connectivity index (χ2n) is 4.44. The van der Waals surface area contributed by atoms with Crippen molar-refractivity contribution in [3.05, 3.63) is 44.3 Å². The second kappa shape index (κ2) is 7.11. The van der Waals surface area contributed by atoms with Crippen molar-refractivity contribution in [3.8, 4) is 5.75 Å². The van der Waals surface area contributed by atoms with Crippen LogP contribution in [0, 0.1) is 6.92 Å². The Kier molecular flexibility index (Phi) is 5.45. The van der Waals surface area contributed by atoms with Gasteiger partial charge >= 0.3 is 0 Å². The molecule has 0 saturated heterocycles. The number of carbonyl (C=O) groups is 1. The molecule has 2 aromatic rings. The van der Waals surface area contributed by atoms with Crippen molar-refractivity contribution in [1.82, 2.24) is 10.3 Å². The highest BCUT2D eigenvalue weighted by Crippen LogP contribution is 2.28. The maximum absolute atomic E-state index is 12.0. The molecule has 4 nitrogen and oxygen atoms in total. The Morgan fingerprint density at radius 1 is 1.48 bits per heavy atom. The first-order valence-corrected chi connectivity index (χ1v) is 7.89. The molecule has 0 bridgehead atoms. The Morgan fingerprint density at radius 2 is 2.24 bits per heavy atom. The van der Waals surface area contributed by atoms with Gasteiger partial charge in [0.25, 0.3) is 5.91 Å². The number of ether oxygens (including phenoxy) is 1. The molecule has 21 heavy (non-hydrogen) atoms. The molecule has 1 amide bonds. The maximum atomic E-state index is 12.0. The van der Waals surface area contributed by atoms with Crippen LogP contribution in [0.3, 0.4) is 0 Å². The number of halogens is 2. The molecule has 1 heterocycles. The molecule has 2 rings (SSSR count). The van der Waals surface area contributed by atoms with Crippen LogP contribution in [0.25, 0.3) is 0 Å². The first-order valence-electron chi connectivity index (χ1n) is 6.26. The Labute approximate surface area is 137 Å². The van der Waals surface area contributed by atoms with Gasteiger partial charge in [0.1, 0.15) is 10.8 Å². The van der Waals surface area contributed by atoms with Gasteiger partial charge in [-0.1, -0.05) is 23.2 Å². The standard InChI is InChI=1S/C14H14Cl2N2O2S/c1-8-7-21-13(18-8)6-17-14(19)9(2)20-12-4-3-10(15)5-11(12)16/h3-5,7,9H,6H2,1-2H3,(H,17,19). The number of benzene rings is 1. The van der Waals surface area contributed by atoms with E-state index in [0.717, 1.165) is 10.7 Å². The molecule has 0 radical (unpaired) electrons. The Balaban J connectivity index is 1.90. The SMILES string of the molecule is Cc1csc(CNC(=O)C(C)Oc2ccc(Cl)cc2Cl)n1. The summed E-state index contributed by atoms with van der Waals surface area (Å²) < 4.78 is 5.54. The smallest absolute Gasteiger partial charge is 0.261 e. The van der Waals surface area contributed by atoms with Crippen LogP contribution < -0.4 is 10.1 Å². The van der Waals surface area contributed by atoms with Crippen LogP contribution >= 0.6 is 34.5 Å². The zero-order chi connectivity index (χ0) is 15.4. The van der Waals surface area contributed by atoms with Crippen LogP contribution in [0.1, 0.15) is 17.6 Å². The summed E-state index contributed by atoms with van der Waals surface area (Å²) in [5.41, 5.74) is 0.946. The molecule has 0 aliphatic carbocycles. The van der Waals surface area contributed by atoms with E-state index >= 15 is 0 Å². The minimum atomic E-state index is -0.662. The number of hydrogen-bond donors (Lipinski definition) is 1. The van der Waals surface area contributed by atoms with Crippen molar-refractivity contribution >= 4 is 40.4 Å². The normalized spacial score (nSPS) is 12.0. The van der Waals surface area contributed by atoms with E-state index in [0.29, 0.717) is 22.3 Å². The van der Waals surface area contributed by atoms with Gasteiger partial charge in [0.05, 0.1) is 11.6 Å². The van der Waals surface area contributed by atoms with E-state index in [-0.39, 0.29) is 5.91 Å². The number of aromatic nitrogens is 1. The van der Waals surface area contributed by atoms with Gasteiger partial charge in [-0.2, -0.15) is 0 Å². The topological polar surface area (TPSA) is 51.2 Å². The van der Waals surface area contributed by atoms with Gasteiger partial charge in [-0.3, -0.25) is 4.79 Å². The Bertz CT molecular complexity index is 646. The number of carbonyl (C=O) groups excluding carboxylic acids is 1. The quantitative estimate of drug-likeness (QED) is 0.896. The average molecular weight is 345 g/mol. The zero-order valence-electron chi connectivity index (χ0n) is 11.5. The fourth-order valence-electron chi connectivity index (χ4n) is 1.61. The number of rotatable bonds is 5. The Hall–Kier alpha value is -1.30. The highest BCUT2D eigenvalue weighted by Gasteiger charge is 2.16. The van der Waals surface area contributed by atoms with Gasteiger partial charge in [-0.05, 0) is 32.0 Å². The summed E-state index contributed by atoms with van der Waals surface area (Å²) in [5, 5.41) is 6.47. The van der Waals surface area contributed by atoms with Crippen LogP contribution in [0.5, 0.6) is 5.75 Å². The summed E-state index contributed by atoms with van der Waals surface area (Å²) in [6.07, 6.45) is -0.662. The minimum absolute atomic E-state index is 0.228. The maximum Gasteiger partial charge on any atom is 0.261 e. The predicted molar refractivity (Wildman–Crippen MR) is 85.2 cm³/mol. The fraction of sp³-hybridized carbons (Fsp3) is 0.286. The van der Waals surface area contributed by atoms with Crippen LogP contribution in [-0.4, -0.2) is 17.0 Å². The van der Waals surface area contributed by atoms with Gasteiger partial charge < -0.3 is 10.1 Å². The second-order valence-corrected chi connectivity index (χ2v) is 6.22. The van der Waals surface area contributed by atoms with Crippen molar-refractivity contribution in [2.45, 2.75) is 26.5 Å². The molecule has 7 heteroatoms. The first-order chi connectivity index (χ1) is 9.95. The largest absolute Gasteiger partial charge is 0.479 e. The lowest BCUT2D eigenvalue weighted by atomic mass is 10.3. The number of aryl methyl sites for hydroxylation is 1. The molecular formula is C14H14Cl2N2O2S. The molecule has 0 spiro atoms. The van der Waals surface area contributed by atoms with Crippen molar-refractivity contribution in [2.24, 2.45) is 0 Å². The molecule has 0 fully saturated rings. The molecule has 1 unspecified atom stereocenters. The highest BCUT2D eigenvalue weighted by atomic mass is 35.5. The predicted octanol–water partition coefficient (Wildman–Crippen LogP) is 3.84. The monoisotopic (exact) mass is 344 g/mol. The van der Waals surface area contributed by atoms with Gasteiger partial charge in [-0.25, -0.2) is 4.98 Å². The minimum Gasteiger partial charge on any atom is -0.479 e. The van der Waals surface area contributed by atoms with Crippen LogP contribution in [0.15, 0.2) is 23.6 Å². The summed E-state index contributed by atoms with van der Waals surface area (Å²) in [7, 11) is 0. The van der Waals surface area contributed by atoms with E-state index in [2.05, 4.69) is 10.3 Å². The lowest BCUT2D eigenvalue weighted by Crippen LogP contribution is -2.35. The van der Waals surface area contributed by atoms with Crippen molar-refractivity contribution < 1.29 is 9.53 Å². The van der Waals surface area contributed by atoms with Crippen LogP contribution in [0.4, 0.5) is 0 Å². The molecule has 0 saturated carbocycles. The van der Waals surface area contributed by atoms with E-state index < -0.39 is 6.10 Å². The number of nitrogens with one attached hydrogen (secondary N) is 1. The number of hydrogen-bond acceptors (Lipinski definition) is 4. The summed E-state index contributed by atoms with van der Waals surface area (Å²) in [6.45, 7) is 3.96. The van der Waals surface area contributed by atoms with E-state index in [1.807, 2.05) is 12.3 Å². The fourth-order valence-corrected chi connectivity index (χ4v) is 2.77. The summed E-state index contributed by atoms with van der Waals surface area (Å²) in [5.74, 6) is 0.197. The molecule has 1 atom stereocenters. The van der Waals surface area contributed by atoms with Crippen LogP contribution in [-0.2, 0) is 11.3 Å². The van der Waals surface area contributed by atoms with Crippen molar-refractivity contribution in [2.75, 3.05) is 0 Å².